The van der Waals surface area contributed by atoms with E-state index in [9.17, 15) is 0 Å². The Bertz CT molecular complexity index is 393. The highest BCUT2D eigenvalue weighted by atomic mass is 32.1. The van der Waals surface area contributed by atoms with Crippen molar-refractivity contribution in [1.82, 2.24) is 5.32 Å². The highest BCUT2D eigenvalue weighted by Gasteiger charge is 2.42. The number of rotatable bonds is 5. The number of hydrogen-bond donors (Lipinski definition) is 1. The van der Waals surface area contributed by atoms with Gasteiger partial charge in [-0.15, -0.1) is 11.3 Å². The second kappa shape index (κ2) is 6.38. The molecule has 19 heavy (non-hydrogen) atoms. The summed E-state index contributed by atoms with van der Waals surface area (Å²) in [6, 6.07) is 2.60. The lowest BCUT2D eigenvalue weighted by Crippen LogP contribution is -2.48. The van der Waals surface area contributed by atoms with Gasteiger partial charge in [-0.05, 0) is 62.1 Å². The molecule has 1 aliphatic carbocycles. The molecule has 0 aromatic carbocycles. The molecule has 1 saturated carbocycles. The van der Waals surface area contributed by atoms with E-state index in [1.807, 2.05) is 18.4 Å². The molecule has 0 amide bonds. The van der Waals surface area contributed by atoms with Crippen molar-refractivity contribution in [2.45, 2.75) is 58.1 Å². The summed E-state index contributed by atoms with van der Waals surface area (Å²) in [5, 5.41) is 5.88. The molecule has 1 atom stereocenters. The molecule has 2 rings (SSSR count). The average molecular weight is 281 g/mol. The average Bonchev–Trinajstić information content (AvgIpc) is 2.84. The molecule has 1 aromatic heterocycles. The van der Waals surface area contributed by atoms with E-state index in [-0.39, 0.29) is 5.60 Å². The maximum atomic E-state index is 6.06. The van der Waals surface area contributed by atoms with Crippen LogP contribution < -0.4 is 5.32 Å². The topological polar surface area (TPSA) is 21.3 Å². The number of ether oxygens (including phenoxy) is 1. The van der Waals surface area contributed by atoms with Crippen LogP contribution in [0.15, 0.2) is 11.4 Å². The summed E-state index contributed by atoms with van der Waals surface area (Å²) >= 11 is 1.84. The smallest absolute Gasteiger partial charge is 0.0873 e. The van der Waals surface area contributed by atoms with Crippen LogP contribution >= 0.6 is 11.3 Å². The van der Waals surface area contributed by atoms with Gasteiger partial charge >= 0.3 is 0 Å². The molecule has 0 spiro atoms. The fraction of sp³-hybridized carbons (Fsp3) is 0.750. The van der Waals surface area contributed by atoms with Crippen LogP contribution in [0, 0.1) is 12.8 Å². The van der Waals surface area contributed by atoms with Crippen molar-refractivity contribution in [3.8, 4) is 0 Å². The monoisotopic (exact) mass is 281 g/mol. The first kappa shape index (κ1) is 15.0. The summed E-state index contributed by atoms with van der Waals surface area (Å²) < 4.78 is 6.06. The second-order valence-electron chi connectivity index (χ2n) is 5.87. The molecule has 1 N–H and O–H groups in total. The minimum atomic E-state index is -0.0195. The summed E-state index contributed by atoms with van der Waals surface area (Å²) in [6.07, 6.45) is 4.88. The molecule has 0 aliphatic heterocycles. The van der Waals surface area contributed by atoms with Gasteiger partial charge in [-0.3, -0.25) is 0 Å². The van der Waals surface area contributed by atoms with Crippen molar-refractivity contribution >= 4 is 11.3 Å². The molecular formula is C16H27NOS. The maximum Gasteiger partial charge on any atom is 0.0873 e. The Morgan fingerprint density at radius 2 is 2.16 bits per heavy atom. The van der Waals surface area contributed by atoms with Gasteiger partial charge in [-0.25, -0.2) is 0 Å². The van der Waals surface area contributed by atoms with Crippen molar-refractivity contribution < 1.29 is 4.74 Å². The molecule has 1 heterocycles. The molecule has 0 bridgehead atoms. The van der Waals surface area contributed by atoms with Crippen LogP contribution in [-0.4, -0.2) is 19.3 Å². The molecule has 0 saturated heterocycles. The van der Waals surface area contributed by atoms with Crippen molar-refractivity contribution in [3.05, 3.63) is 21.9 Å². The second-order valence-corrected chi connectivity index (χ2v) is 6.99. The SMILES string of the molecule is CCNC(c1ccsc1C)C1(OC)CCC(C)CC1. The third kappa shape index (κ3) is 3.04. The van der Waals surface area contributed by atoms with E-state index in [0.717, 1.165) is 25.3 Å². The van der Waals surface area contributed by atoms with Crippen LogP contribution in [0.2, 0.25) is 0 Å². The Morgan fingerprint density at radius 1 is 1.47 bits per heavy atom. The normalized spacial score (nSPS) is 29.4. The molecule has 2 nitrogen and oxygen atoms in total. The van der Waals surface area contributed by atoms with E-state index in [1.54, 1.807) is 0 Å². The summed E-state index contributed by atoms with van der Waals surface area (Å²) in [6.45, 7) is 7.75. The summed E-state index contributed by atoms with van der Waals surface area (Å²) in [7, 11) is 1.89. The molecule has 108 valence electrons. The van der Waals surface area contributed by atoms with Gasteiger partial charge in [-0.2, -0.15) is 0 Å². The number of aryl methyl sites for hydroxylation is 1. The van der Waals surface area contributed by atoms with Gasteiger partial charge in [0.2, 0.25) is 0 Å². The van der Waals surface area contributed by atoms with Crippen molar-refractivity contribution in [3.63, 3.8) is 0 Å². The third-order valence-electron chi connectivity index (χ3n) is 4.67. The van der Waals surface area contributed by atoms with Crippen molar-refractivity contribution in [2.75, 3.05) is 13.7 Å². The zero-order valence-electron chi connectivity index (χ0n) is 12.7. The number of likely N-dealkylation sites (N-methyl/N-ethyl adjacent to an activating group) is 1. The molecule has 1 aliphatic rings. The van der Waals surface area contributed by atoms with E-state index in [4.69, 9.17) is 4.74 Å². The zero-order valence-corrected chi connectivity index (χ0v) is 13.5. The molecule has 1 aromatic rings. The van der Waals surface area contributed by atoms with Crippen LogP contribution in [-0.2, 0) is 4.74 Å². The Hall–Kier alpha value is -0.380. The number of thiophene rings is 1. The Balaban J connectivity index is 2.28. The summed E-state index contributed by atoms with van der Waals surface area (Å²) in [4.78, 5) is 1.42. The van der Waals surface area contributed by atoms with Gasteiger partial charge < -0.3 is 10.1 Å². The van der Waals surface area contributed by atoms with Gasteiger partial charge in [0.25, 0.3) is 0 Å². The Kier molecular flexibility index (Phi) is 5.04. The van der Waals surface area contributed by atoms with E-state index >= 15 is 0 Å². The van der Waals surface area contributed by atoms with E-state index in [0.29, 0.717) is 6.04 Å². The van der Waals surface area contributed by atoms with Gasteiger partial charge in [0.15, 0.2) is 0 Å². The number of nitrogens with one attached hydrogen (secondary N) is 1. The first-order valence-electron chi connectivity index (χ1n) is 7.45. The summed E-state index contributed by atoms with van der Waals surface area (Å²) in [5.41, 5.74) is 1.41. The predicted octanol–water partition coefficient (Wildman–Crippen LogP) is 4.30. The van der Waals surface area contributed by atoms with Gasteiger partial charge in [0, 0.05) is 12.0 Å². The van der Waals surface area contributed by atoms with Crippen molar-refractivity contribution in [2.24, 2.45) is 5.92 Å². The standard InChI is InChI=1S/C16H27NOS/c1-5-17-15(14-8-11-19-13(14)3)16(18-4)9-6-12(2)7-10-16/h8,11-12,15,17H,5-7,9-10H2,1-4H3. The minimum Gasteiger partial charge on any atom is -0.376 e. The first-order valence-corrected chi connectivity index (χ1v) is 8.33. The number of hydrogen-bond acceptors (Lipinski definition) is 3. The van der Waals surface area contributed by atoms with Crippen LogP contribution in [0.3, 0.4) is 0 Å². The van der Waals surface area contributed by atoms with Gasteiger partial charge in [-0.1, -0.05) is 13.8 Å². The lowest BCUT2D eigenvalue weighted by molar-refractivity contribution is -0.0757. The van der Waals surface area contributed by atoms with Crippen LogP contribution in [0.1, 0.15) is 56.0 Å². The first-order chi connectivity index (χ1) is 9.13. The molecule has 0 radical (unpaired) electrons. The van der Waals surface area contributed by atoms with Gasteiger partial charge in [0.05, 0.1) is 11.6 Å². The van der Waals surface area contributed by atoms with Crippen LogP contribution in [0.4, 0.5) is 0 Å². The molecule has 1 unspecified atom stereocenters. The summed E-state index contributed by atoms with van der Waals surface area (Å²) in [5.74, 6) is 0.842. The van der Waals surface area contributed by atoms with Gasteiger partial charge in [0.1, 0.15) is 0 Å². The minimum absolute atomic E-state index is 0.0195. The number of methoxy groups -OCH3 is 1. The Labute approximate surface area is 121 Å². The highest BCUT2D eigenvalue weighted by Crippen LogP contribution is 2.44. The fourth-order valence-electron chi connectivity index (χ4n) is 3.34. The predicted molar refractivity (Wildman–Crippen MR) is 82.8 cm³/mol. The largest absolute Gasteiger partial charge is 0.376 e. The van der Waals surface area contributed by atoms with E-state index < -0.39 is 0 Å². The lowest BCUT2D eigenvalue weighted by Gasteiger charge is -2.44. The highest BCUT2D eigenvalue weighted by molar-refractivity contribution is 7.10. The molecular weight excluding hydrogens is 254 g/mol. The lowest BCUT2D eigenvalue weighted by atomic mass is 9.73. The third-order valence-corrected chi connectivity index (χ3v) is 5.53. The maximum absolute atomic E-state index is 6.06. The zero-order chi connectivity index (χ0) is 13.9. The molecule has 1 fully saturated rings. The van der Waals surface area contributed by atoms with Crippen LogP contribution in [0.25, 0.3) is 0 Å². The Morgan fingerprint density at radius 3 is 2.63 bits per heavy atom. The molecule has 3 heteroatoms. The van der Waals surface area contributed by atoms with Crippen LogP contribution in [0.5, 0.6) is 0 Å². The van der Waals surface area contributed by atoms with Crippen molar-refractivity contribution in [1.29, 1.82) is 0 Å². The fourth-order valence-corrected chi connectivity index (χ4v) is 4.08. The van der Waals surface area contributed by atoms with E-state index in [1.165, 1.54) is 23.3 Å². The quantitative estimate of drug-likeness (QED) is 0.868. The van der Waals surface area contributed by atoms with E-state index in [2.05, 4.69) is 37.5 Å².